The predicted octanol–water partition coefficient (Wildman–Crippen LogP) is 2.42. The third kappa shape index (κ3) is 3.33. The molecule has 9 nitrogen and oxygen atoms in total. The summed E-state index contributed by atoms with van der Waals surface area (Å²) in [7, 11) is 3.53. The number of halogens is 3. The van der Waals surface area contributed by atoms with Crippen LogP contribution < -0.4 is 10.2 Å². The van der Waals surface area contributed by atoms with Crippen LogP contribution in [0.25, 0.3) is 0 Å². The minimum atomic E-state index is -5.06. The number of nitro groups is 2. The SMILES string of the molecule is COc1c(C(F)(F)F)cc([N+](=O)[O-])c(NN(C)C)c1[N+](=O)[O-]. The molecular weight excluding hydrogens is 313 g/mol. The molecule has 0 heterocycles. The van der Waals surface area contributed by atoms with Crippen LogP contribution in [-0.2, 0) is 6.18 Å². The van der Waals surface area contributed by atoms with Crippen LogP contribution in [0.1, 0.15) is 5.56 Å². The average molecular weight is 324 g/mol. The predicted molar refractivity (Wildman–Crippen MR) is 68.6 cm³/mol. The van der Waals surface area contributed by atoms with E-state index in [-0.39, 0.29) is 6.07 Å². The van der Waals surface area contributed by atoms with E-state index in [1.54, 1.807) is 0 Å². The van der Waals surface area contributed by atoms with Gasteiger partial charge in [-0.3, -0.25) is 20.2 Å². The number of alkyl halides is 3. The molecule has 0 radical (unpaired) electrons. The highest BCUT2D eigenvalue weighted by Gasteiger charge is 2.43. The molecule has 122 valence electrons. The van der Waals surface area contributed by atoms with Gasteiger partial charge < -0.3 is 10.2 Å². The van der Waals surface area contributed by atoms with Crippen molar-refractivity contribution in [3.8, 4) is 5.75 Å². The van der Waals surface area contributed by atoms with Crippen molar-refractivity contribution in [3.05, 3.63) is 31.9 Å². The molecule has 0 saturated carbocycles. The van der Waals surface area contributed by atoms with Crippen molar-refractivity contribution in [2.45, 2.75) is 6.18 Å². The van der Waals surface area contributed by atoms with E-state index in [0.29, 0.717) is 0 Å². The summed E-state index contributed by atoms with van der Waals surface area (Å²) in [6.07, 6.45) is -5.06. The summed E-state index contributed by atoms with van der Waals surface area (Å²) >= 11 is 0. The van der Waals surface area contributed by atoms with Gasteiger partial charge in [0.05, 0.1) is 17.0 Å². The molecule has 0 spiro atoms. The minimum absolute atomic E-state index is 0.192. The first kappa shape index (κ1) is 17.4. The van der Waals surface area contributed by atoms with Gasteiger partial charge in [-0.2, -0.15) is 13.2 Å². The van der Waals surface area contributed by atoms with Gasteiger partial charge in [0.2, 0.25) is 11.4 Å². The van der Waals surface area contributed by atoms with Crippen LogP contribution in [0.3, 0.4) is 0 Å². The number of nitrogens with zero attached hydrogens (tertiary/aromatic N) is 3. The Morgan fingerprint density at radius 1 is 1.23 bits per heavy atom. The Morgan fingerprint density at radius 3 is 2.09 bits per heavy atom. The maximum Gasteiger partial charge on any atom is 0.420 e. The molecule has 0 saturated heterocycles. The van der Waals surface area contributed by atoms with E-state index in [1.165, 1.54) is 14.1 Å². The van der Waals surface area contributed by atoms with Gasteiger partial charge in [-0.05, 0) is 0 Å². The van der Waals surface area contributed by atoms with Crippen molar-refractivity contribution >= 4 is 17.1 Å². The normalized spacial score (nSPS) is 11.4. The lowest BCUT2D eigenvalue weighted by atomic mass is 10.1. The molecule has 0 atom stereocenters. The van der Waals surface area contributed by atoms with Crippen LogP contribution in [0, 0.1) is 20.2 Å². The van der Waals surface area contributed by atoms with Crippen LogP contribution in [0.15, 0.2) is 6.07 Å². The number of hydrogen-bond acceptors (Lipinski definition) is 7. The van der Waals surface area contributed by atoms with Crippen molar-refractivity contribution in [2.75, 3.05) is 26.6 Å². The summed E-state index contributed by atoms with van der Waals surface area (Å²) in [6.45, 7) is 0. The highest BCUT2D eigenvalue weighted by molar-refractivity contribution is 5.80. The Kier molecular flexibility index (Phi) is 4.76. The van der Waals surface area contributed by atoms with Gasteiger partial charge in [0.15, 0.2) is 0 Å². The summed E-state index contributed by atoms with van der Waals surface area (Å²) in [5.74, 6) is -1.10. The number of hydrogen-bond donors (Lipinski definition) is 1. The standard InChI is InChI=1S/C10H11F3N4O5/c1-15(2)14-7-6(16(18)19)4-5(10(11,12)13)9(22-3)8(7)17(20)21/h4,14H,1-3H3. The van der Waals surface area contributed by atoms with E-state index < -0.39 is 44.4 Å². The Labute approximate surface area is 121 Å². The zero-order chi connectivity index (χ0) is 17.2. The number of nitro benzene ring substituents is 2. The first-order valence-corrected chi connectivity index (χ1v) is 5.55. The second-order valence-electron chi connectivity index (χ2n) is 4.22. The van der Waals surface area contributed by atoms with Crippen LogP contribution in [0.5, 0.6) is 5.75 Å². The Morgan fingerprint density at radius 2 is 1.77 bits per heavy atom. The third-order valence-electron chi connectivity index (χ3n) is 2.46. The molecule has 1 aromatic rings. The topological polar surface area (TPSA) is 111 Å². The third-order valence-corrected chi connectivity index (χ3v) is 2.46. The maximum absolute atomic E-state index is 13.0. The molecule has 0 fully saturated rings. The molecule has 0 aliphatic carbocycles. The number of ether oxygens (including phenoxy) is 1. The lowest BCUT2D eigenvalue weighted by Gasteiger charge is -2.17. The summed E-state index contributed by atoms with van der Waals surface area (Å²) in [6, 6.07) is 0.192. The minimum Gasteiger partial charge on any atom is -0.490 e. The number of nitrogens with one attached hydrogen (secondary N) is 1. The van der Waals surface area contributed by atoms with Crippen LogP contribution >= 0.6 is 0 Å². The molecule has 0 aliphatic rings. The van der Waals surface area contributed by atoms with Gasteiger partial charge >= 0.3 is 17.6 Å². The zero-order valence-corrected chi connectivity index (χ0v) is 11.6. The molecule has 1 N–H and O–H groups in total. The molecule has 0 amide bonds. The smallest absolute Gasteiger partial charge is 0.420 e. The fraction of sp³-hybridized carbons (Fsp3) is 0.400. The molecule has 0 unspecified atom stereocenters. The Balaban J connectivity index is 3.90. The van der Waals surface area contributed by atoms with Crippen LogP contribution in [0.4, 0.5) is 30.2 Å². The quantitative estimate of drug-likeness (QED) is 0.654. The number of anilines is 1. The van der Waals surface area contributed by atoms with E-state index in [1.807, 2.05) is 0 Å². The summed E-state index contributed by atoms with van der Waals surface area (Å²) in [5, 5.41) is 23.2. The second-order valence-corrected chi connectivity index (χ2v) is 4.22. The van der Waals surface area contributed by atoms with Crippen molar-refractivity contribution in [2.24, 2.45) is 0 Å². The first-order valence-electron chi connectivity index (χ1n) is 5.55. The van der Waals surface area contributed by atoms with Crippen molar-refractivity contribution in [1.82, 2.24) is 5.01 Å². The van der Waals surface area contributed by atoms with Crippen LogP contribution in [0.2, 0.25) is 0 Å². The number of rotatable bonds is 5. The van der Waals surface area contributed by atoms with Gasteiger partial charge in [0.1, 0.15) is 5.56 Å². The number of benzene rings is 1. The van der Waals surface area contributed by atoms with Gasteiger partial charge in [0.25, 0.3) is 0 Å². The molecule has 0 bridgehead atoms. The Hall–Kier alpha value is -2.63. The highest BCUT2D eigenvalue weighted by Crippen LogP contribution is 2.49. The lowest BCUT2D eigenvalue weighted by molar-refractivity contribution is -0.393. The zero-order valence-electron chi connectivity index (χ0n) is 11.6. The molecule has 12 heteroatoms. The summed E-state index contributed by atoms with van der Waals surface area (Å²) in [5.41, 5.74) is -2.30. The van der Waals surface area contributed by atoms with Gasteiger partial charge in [0, 0.05) is 20.2 Å². The number of hydrazine groups is 1. The first-order chi connectivity index (χ1) is 10.0. The van der Waals surface area contributed by atoms with E-state index in [0.717, 1.165) is 12.1 Å². The molecular formula is C10H11F3N4O5. The van der Waals surface area contributed by atoms with Crippen molar-refractivity contribution in [3.63, 3.8) is 0 Å². The fourth-order valence-electron chi connectivity index (χ4n) is 1.71. The molecule has 0 aromatic heterocycles. The lowest BCUT2D eigenvalue weighted by Crippen LogP contribution is -2.22. The van der Waals surface area contributed by atoms with Gasteiger partial charge in [-0.1, -0.05) is 0 Å². The highest BCUT2D eigenvalue weighted by atomic mass is 19.4. The maximum atomic E-state index is 13.0. The average Bonchev–Trinajstić information content (AvgIpc) is 2.34. The largest absolute Gasteiger partial charge is 0.490 e. The van der Waals surface area contributed by atoms with E-state index in [2.05, 4.69) is 10.2 Å². The van der Waals surface area contributed by atoms with Gasteiger partial charge in [-0.25, -0.2) is 5.01 Å². The van der Waals surface area contributed by atoms with Crippen LogP contribution in [-0.4, -0.2) is 36.1 Å². The fourth-order valence-corrected chi connectivity index (χ4v) is 1.71. The summed E-state index contributed by atoms with van der Waals surface area (Å²) in [4.78, 5) is 19.8. The Bertz CT molecular complexity index is 618. The van der Waals surface area contributed by atoms with E-state index in [9.17, 15) is 33.4 Å². The molecule has 1 rings (SSSR count). The summed E-state index contributed by atoms with van der Waals surface area (Å²) < 4.78 is 43.4. The molecule has 22 heavy (non-hydrogen) atoms. The monoisotopic (exact) mass is 324 g/mol. The van der Waals surface area contributed by atoms with E-state index in [4.69, 9.17) is 0 Å². The molecule has 0 aliphatic heterocycles. The second kappa shape index (κ2) is 6.01. The number of methoxy groups -OCH3 is 1. The van der Waals surface area contributed by atoms with Crippen molar-refractivity contribution < 1.29 is 27.8 Å². The van der Waals surface area contributed by atoms with Gasteiger partial charge in [-0.15, -0.1) is 0 Å². The van der Waals surface area contributed by atoms with Crippen molar-refractivity contribution in [1.29, 1.82) is 0 Å². The molecule has 1 aromatic carbocycles. The van der Waals surface area contributed by atoms with E-state index >= 15 is 0 Å².